The number of thiazole rings is 1. The van der Waals surface area contributed by atoms with Crippen LogP contribution in [0.3, 0.4) is 0 Å². The van der Waals surface area contributed by atoms with Crippen LogP contribution >= 0.6 is 11.3 Å². The predicted octanol–water partition coefficient (Wildman–Crippen LogP) is 3.93. The molecule has 28 heavy (non-hydrogen) atoms. The minimum absolute atomic E-state index is 0.195. The van der Waals surface area contributed by atoms with Crippen LogP contribution in [0.15, 0.2) is 52.6 Å². The number of hydrogen-bond acceptors (Lipinski definition) is 5. The molecule has 1 N–H and O–H groups in total. The molecule has 4 aromatic rings. The Bertz CT molecular complexity index is 1270. The quantitative estimate of drug-likeness (QED) is 0.575. The average molecular weight is 390 g/mol. The van der Waals surface area contributed by atoms with Crippen molar-refractivity contribution >= 4 is 33.1 Å². The molecule has 6 nitrogen and oxygen atoms in total. The van der Waals surface area contributed by atoms with E-state index in [-0.39, 0.29) is 11.3 Å². The normalized spacial score (nSPS) is 11.0. The standard InChI is InChI=1S/C21H18N4O2S/c1-12-8-9-14(13(2)10-12)17-11-28-21(22-17)23-19(26)18-15-6-4-5-7-16(15)20(27)25(3)24-18/h4-11H,1-3H3,(H,22,23,26). The van der Waals surface area contributed by atoms with E-state index in [9.17, 15) is 9.59 Å². The van der Waals surface area contributed by atoms with Crippen LogP contribution in [0.4, 0.5) is 5.13 Å². The summed E-state index contributed by atoms with van der Waals surface area (Å²) in [4.78, 5) is 29.6. The zero-order valence-corrected chi connectivity index (χ0v) is 16.5. The van der Waals surface area contributed by atoms with Gasteiger partial charge < -0.3 is 0 Å². The van der Waals surface area contributed by atoms with Gasteiger partial charge in [0.2, 0.25) is 0 Å². The number of aryl methyl sites for hydroxylation is 3. The number of amides is 1. The molecule has 0 aliphatic carbocycles. The Morgan fingerprint density at radius 1 is 1.11 bits per heavy atom. The summed E-state index contributed by atoms with van der Waals surface area (Å²) in [5.41, 5.74) is 4.13. The second-order valence-electron chi connectivity index (χ2n) is 6.63. The Morgan fingerprint density at radius 2 is 1.86 bits per heavy atom. The third kappa shape index (κ3) is 3.20. The van der Waals surface area contributed by atoms with Gasteiger partial charge in [-0.3, -0.25) is 14.9 Å². The Kier molecular flexibility index (Phi) is 4.52. The van der Waals surface area contributed by atoms with Crippen LogP contribution in [0.1, 0.15) is 21.6 Å². The number of rotatable bonds is 3. The highest BCUT2D eigenvalue weighted by atomic mass is 32.1. The lowest BCUT2D eigenvalue weighted by Crippen LogP contribution is -2.25. The van der Waals surface area contributed by atoms with Crippen molar-refractivity contribution in [2.45, 2.75) is 13.8 Å². The van der Waals surface area contributed by atoms with Gasteiger partial charge in [0.25, 0.3) is 11.5 Å². The summed E-state index contributed by atoms with van der Waals surface area (Å²) in [5.74, 6) is -0.395. The van der Waals surface area contributed by atoms with E-state index >= 15 is 0 Å². The highest BCUT2D eigenvalue weighted by molar-refractivity contribution is 7.14. The zero-order chi connectivity index (χ0) is 19.8. The van der Waals surface area contributed by atoms with Gasteiger partial charge in [-0.1, -0.05) is 42.0 Å². The number of nitrogens with zero attached hydrogens (tertiary/aromatic N) is 3. The molecule has 0 aliphatic rings. The third-order valence-electron chi connectivity index (χ3n) is 4.55. The molecule has 0 bridgehead atoms. The van der Waals surface area contributed by atoms with Gasteiger partial charge >= 0.3 is 0 Å². The van der Waals surface area contributed by atoms with Gasteiger partial charge in [0.1, 0.15) is 0 Å². The first-order chi connectivity index (χ1) is 13.4. The van der Waals surface area contributed by atoms with Crippen molar-refractivity contribution in [3.63, 3.8) is 0 Å². The third-order valence-corrected chi connectivity index (χ3v) is 5.31. The van der Waals surface area contributed by atoms with Crippen molar-refractivity contribution in [1.82, 2.24) is 14.8 Å². The minimum atomic E-state index is -0.395. The summed E-state index contributed by atoms with van der Waals surface area (Å²) in [6.07, 6.45) is 0. The van der Waals surface area contributed by atoms with E-state index in [2.05, 4.69) is 21.5 Å². The molecule has 4 rings (SSSR count). The molecule has 2 aromatic carbocycles. The Balaban J connectivity index is 1.67. The van der Waals surface area contributed by atoms with Crippen molar-refractivity contribution in [1.29, 1.82) is 0 Å². The maximum atomic E-state index is 12.8. The van der Waals surface area contributed by atoms with Gasteiger partial charge in [-0.15, -0.1) is 11.3 Å². The van der Waals surface area contributed by atoms with Gasteiger partial charge in [0, 0.05) is 23.4 Å². The fraction of sp³-hybridized carbons (Fsp3) is 0.143. The Labute approximate surface area is 165 Å². The monoisotopic (exact) mass is 390 g/mol. The molecule has 0 aliphatic heterocycles. The Hall–Kier alpha value is -3.32. The predicted molar refractivity (Wildman–Crippen MR) is 112 cm³/mol. The van der Waals surface area contributed by atoms with Crippen LogP contribution in [-0.4, -0.2) is 20.7 Å². The van der Waals surface area contributed by atoms with Crippen molar-refractivity contribution in [3.8, 4) is 11.3 Å². The van der Waals surface area contributed by atoms with Crippen molar-refractivity contribution in [3.05, 3.63) is 75.0 Å². The molecule has 140 valence electrons. The molecular weight excluding hydrogens is 372 g/mol. The number of nitrogens with one attached hydrogen (secondary N) is 1. The Morgan fingerprint density at radius 3 is 2.61 bits per heavy atom. The van der Waals surface area contributed by atoms with Crippen molar-refractivity contribution in [2.75, 3.05) is 5.32 Å². The average Bonchev–Trinajstić information content (AvgIpc) is 3.12. The summed E-state index contributed by atoms with van der Waals surface area (Å²) < 4.78 is 1.18. The number of carbonyl (C=O) groups excluding carboxylic acids is 1. The number of hydrogen-bond donors (Lipinski definition) is 1. The summed E-state index contributed by atoms with van der Waals surface area (Å²) in [7, 11) is 1.53. The van der Waals surface area contributed by atoms with Crippen LogP contribution < -0.4 is 10.9 Å². The topological polar surface area (TPSA) is 76.9 Å². The molecule has 0 spiro atoms. The number of carbonyl (C=O) groups is 1. The summed E-state index contributed by atoms with van der Waals surface area (Å²) >= 11 is 1.35. The lowest BCUT2D eigenvalue weighted by atomic mass is 10.0. The minimum Gasteiger partial charge on any atom is -0.296 e. The lowest BCUT2D eigenvalue weighted by molar-refractivity contribution is 0.102. The van der Waals surface area contributed by atoms with E-state index < -0.39 is 5.91 Å². The zero-order valence-electron chi connectivity index (χ0n) is 15.7. The van der Waals surface area contributed by atoms with E-state index in [1.165, 1.54) is 28.6 Å². The van der Waals surface area contributed by atoms with E-state index in [4.69, 9.17) is 0 Å². The smallest absolute Gasteiger partial charge is 0.278 e. The second kappa shape index (κ2) is 7.01. The molecule has 0 saturated heterocycles. The lowest BCUT2D eigenvalue weighted by Gasteiger charge is -2.07. The highest BCUT2D eigenvalue weighted by Crippen LogP contribution is 2.28. The number of fused-ring (bicyclic) bond motifs is 1. The van der Waals surface area contributed by atoms with E-state index in [0.29, 0.717) is 15.9 Å². The summed E-state index contributed by atoms with van der Waals surface area (Å²) in [5, 5.41) is 10.3. The first-order valence-electron chi connectivity index (χ1n) is 8.74. The van der Waals surface area contributed by atoms with Crippen LogP contribution in [-0.2, 0) is 7.05 Å². The van der Waals surface area contributed by atoms with Gasteiger partial charge in [0.05, 0.1) is 11.1 Å². The molecule has 2 aromatic heterocycles. The van der Waals surface area contributed by atoms with Crippen molar-refractivity contribution in [2.24, 2.45) is 7.05 Å². The second-order valence-corrected chi connectivity index (χ2v) is 7.49. The molecule has 0 fully saturated rings. The summed E-state index contributed by atoms with van der Waals surface area (Å²) in [6, 6.07) is 13.1. The fourth-order valence-corrected chi connectivity index (χ4v) is 3.89. The van der Waals surface area contributed by atoms with Crippen LogP contribution in [0.5, 0.6) is 0 Å². The van der Waals surface area contributed by atoms with Gasteiger partial charge in [0.15, 0.2) is 10.8 Å². The molecule has 0 radical (unpaired) electrons. The van der Waals surface area contributed by atoms with Crippen LogP contribution in [0, 0.1) is 13.8 Å². The van der Waals surface area contributed by atoms with E-state index in [1.54, 1.807) is 24.3 Å². The molecular formula is C21H18N4O2S. The van der Waals surface area contributed by atoms with E-state index in [1.807, 2.05) is 31.4 Å². The number of anilines is 1. The van der Waals surface area contributed by atoms with Crippen LogP contribution in [0.25, 0.3) is 22.0 Å². The van der Waals surface area contributed by atoms with Gasteiger partial charge in [-0.05, 0) is 25.5 Å². The number of benzene rings is 2. The largest absolute Gasteiger partial charge is 0.296 e. The molecule has 0 atom stereocenters. The van der Waals surface area contributed by atoms with Gasteiger partial charge in [-0.25, -0.2) is 9.67 Å². The van der Waals surface area contributed by atoms with Crippen molar-refractivity contribution < 1.29 is 4.79 Å². The highest BCUT2D eigenvalue weighted by Gasteiger charge is 2.17. The first kappa shape index (κ1) is 18.1. The molecule has 0 unspecified atom stereocenters. The first-order valence-corrected chi connectivity index (χ1v) is 9.62. The summed E-state index contributed by atoms with van der Waals surface area (Å²) in [6.45, 7) is 4.09. The molecule has 0 saturated carbocycles. The molecule has 2 heterocycles. The molecule has 7 heteroatoms. The SMILES string of the molecule is Cc1ccc(-c2csc(NC(=O)c3nn(C)c(=O)c4ccccc34)n2)c(C)c1. The maximum absolute atomic E-state index is 12.8. The van der Waals surface area contributed by atoms with E-state index in [0.717, 1.165) is 16.8 Å². The fourth-order valence-electron chi connectivity index (χ4n) is 3.18. The van der Waals surface area contributed by atoms with Gasteiger partial charge in [-0.2, -0.15) is 5.10 Å². The molecule has 1 amide bonds. The maximum Gasteiger partial charge on any atom is 0.278 e. The number of aromatic nitrogens is 3. The van der Waals surface area contributed by atoms with Crippen LogP contribution in [0.2, 0.25) is 0 Å².